The molecule has 37 heavy (non-hydrogen) atoms. The van der Waals surface area contributed by atoms with Crippen molar-refractivity contribution in [1.82, 2.24) is 4.31 Å². The van der Waals surface area contributed by atoms with Crippen LogP contribution >= 0.6 is 34.8 Å². The van der Waals surface area contributed by atoms with E-state index < -0.39 is 31.7 Å². The number of phenolic OH excluding ortho intramolecular Hbond substituents is 1. The fourth-order valence-electron chi connectivity index (χ4n) is 3.74. The normalized spacial score (nSPS) is 11.6. The first-order valence-electron chi connectivity index (χ1n) is 10.9. The number of rotatable bonds is 8. The molecule has 4 rings (SSSR count). The second-order valence-corrected chi connectivity index (χ2v) is 11.3. The molecule has 10 heteroatoms. The maximum atomic E-state index is 13.8. The molecule has 190 valence electrons. The second kappa shape index (κ2) is 11.2. The number of hydrogen-bond donors (Lipinski definition) is 1. The summed E-state index contributed by atoms with van der Waals surface area (Å²) >= 11 is 17.6. The van der Waals surface area contributed by atoms with Gasteiger partial charge in [-0.3, -0.25) is 4.79 Å². The number of carbonyl (C=O) groups is 1. The van der Waals surface area contributed by atoms with E-state index in [-0.39, 0.29) is 23.7 Å². The molecule has 0 saturated carbocycles. The summed E-state index contributed by atoms with van der Waals surface area (Å²) in [5.41, 5.74) is 2.70. The number of benzene rings is 4. The van der Waals surface area contributed by atoms with Crippen LogP contribution in [0, 0.1) is 5.82 Å². The predicted octanol–water partition coefficient (Wildman–Crippen LogP) is 7.28. The molecule has 4 aromatic carbocycles. The molecule has 0 spiro atoms. The maximum Gasteiger partial charge on any atom is 0.252 e. The predicted molar refractivity (Wildman–Crippen MR) is 143 cm³/mol. The zero-order valence-electron chi connectivity index (χ0n) is 19.0. The number of nitrogens with zero attached hydrogens (tertiary/aromatic N) is 1. The molecule has 0 aliphatic carbocycles. The minimum absolute atomic E-state index is 0.1000. The van der Waals surface area contributed by atoms with Crippen LogP contribution in [0.15, 0.2) is 89.8 Å². The van der Waals surface area contributed by atoms with Gasteiger partial charge < -0.3 is 5.11 Å². The van der Waals surface area contributed by atoms with E-state index in [2.05, 4.69) is 0 Å². The Balaban J connectivity index is 1.78. The largest absolute Gasteiger partial charge is 0.505 e. The monoisotopic (exact) mass is 577 g/mol. The van der Waals surface area contributed by atoms with Crippen molar-refractivity contribution in [2.45, 2.75) is 18.0 Å². The van der Waals surface area contributed by atoms with Gasteiger partial charge in [0.2, 0.25) is 10.0 Å². The van der Waals surface area contributed by atoms with Crippen LogP contribution in [0.3, 0.4) is 0 Å². The zero-order valence-corrected chi connectivity index (χ0v) is 22.1. The van der Waals surface area contributed by atoms with Gasteiger partial charge >= 0.3 is 0 Å². The van der Waals surface area contributed by atoms with Crippen molar-refractivity contribution < 1.29 is 22.7 Å². The maximum absolute atomic E-state index is 13.8. The molecule has 0 aliphatic heterocycles. The Morgan fingerprint density at radius 2 is 1.49 bits per heavy atom. The van der Waals surface area contributed by atoms with Crippen molar-refractivity contribution in [3.8, 4) is 16.9 Å². The highest BCUT2D eigenvalue weighted by molar-refractivity contribution is 7.89. The lowest BCUT2D eigenvalue weighted by molar-refractivity contribution is 0.108. The Morgan fingerprint density at radius 1 is 0.838 bits per heavy atom. The minimum Gasteiger partial charge on any atom is -0.505 e. The molecular formula is C27H19Cl3FNO4S. The Hall–Kier alpha value is -2.94. The van der Waals surface area contributed by atoms with Crippen molar-refractivity contribution in [2.75, 3.05) is 0 Å². The van der Waals surface area contributed by atoms with Crippen LogP contribution < -0.4 is 0 Å². The van der Waals surface area contributed by atoms with Crippen LogP contribution in [0.1, 0.15) is 21.5 Å². The highest BCUT2D eigenvalue weighted by Crippen LogP contribution is 2.36. The molecule has 1 N–H and O–H groups in total. The van der Waals surface area contributed by atoms with Crippen molar-refractivity contribution in [2.24, 2.45) is 0 Å². The quantitative estimate of drug-likeness (QED) is 0.223. The van der Waals surface area contributed by atoms with Crippen LogP contribution in [-0.4, -0.2) is 23.1 Å². The van der Waals surface area contributed by atoms with Gasteiger partial charge in [0.05, 0.1) is 5.02 Å². The third-order valence-electron chi connectivity index (χ3n) is 5.61. The Labute approximate surface area is 228 Å². The lowest BCUT2D eigenvalue weighted by atomic mass is 10.0. The fraction of sp³-hybridized carbons (Fsp3) is 0.0741. The highest BCUT2D eigenvalue weighted by atomic mass is 35.5. The Morgan fingerprint density at radius 3 is 2.14 bits per heavy atom. The first-order valence-corrected chi connectivity index (χ1v) is 13.4. The molecule has 0 atom stereocenters. The molecular weight excluding hydrogens is 560 g/mol. The first-order chi connectivity index (χ1) is 17.5. The first kappa shape index (κ1) is 27.1. The van der Waals surface area contributed by atoms with Gasteiger partial charge in [0.1, 0.15) is 10.7 Å². The molecule has 0 heterocycles. The third-order valence-corrected chi connectivity index (χ3v) is 8.17. The van der Waals surface area contributed by atoms with Crippen molar-refractivity contribution in [3.05, 3.63) is 117 Å². The zero-order chi connectivity index (χ0) is 26.7. The fourth-order valence-corrected chi connectivity index (χ4v) is 5.79. The number of carbonyl (C=O) groups excluding carboxylic acids is 1. The van der Waals surface area contributed by atoms with Crippen molar-refractivity contribution in [3.63, 3.8) is 0 Å². The van der Waals surface area contributed by atoms with E-state index in [1.165, 1.54) is 24.3 Å². The van der Waals surface area contributed by atoms with Crippen molar-refractivity contribution >= 4 is 50.1 Å². The van der Waals surface area contributed by atoms with Crippen LogP contribution in [0.5, 0.6) is 5.75 Å². The molecule has 0 unspecified atom stereocenters. The second-order valence-electron chi connectivity index (χ2n) is 8.19. The van der Waals surface area contributed by atoms with Crippen LogP contribution in [0.25, 0.3) is 11.1 Å². The molecule has 5 nitrogen and oxygen atoms in total. The molecule has 0 aromatic heterocycles. The molecule has 0 aliphatic rings. The number of sulfonamides is 1. The summed E-state index contributed by atoms with van der Waals surface area (Å²) in [6, 6.07) is 21.9. The van der Waals surface area contributed by atoms with E-state index in [1.807, 2.05) is 24.3 Å². The van der Waals surface area contributed by atoms with Crippen LogP contribution in [0.4, 0.5) is 4.39 Å². The summed E-state index contributed by atoms with van der Waals surface area (Å²) in [7, 11) is -4.42. The third kappa shape index (κ3) is 6.32. The van der Waals surface area contributed by atoms with Gasteiger partial charge in [-0.25, -0.2) is 12.8 Å². The number of phenols is 1. The van der Waals surface area contributed by atoms with E-state index in [9.17, 15) is 22.7 Å². The SMILES string of the molecule is O=C(Cl)c1cc(Cl)c(O)c(S(=O)(=O)N(Cc2ccc(F)cc2)Cc2cccc(-c3ccc(Cl)cc3)c2)c1. The average molecular weight is 579 g/mol. The van der Waals surface area contributed by atoms with Gasteiger partial charge in [0.15, 0.2) is 5.75 Å². The summed E-state index contributed by atoms with van der Waals surface area (Å²) in [6.07, 6.45) is 0. The molecule has 0 fully saturated rings. The van der Waals surface area contributed by atoms with Gasteiger partial charge in [0, 0.05) is 23.7 Å². The smallest absolute Gasteiger partial charge is 0.252 e. The van der Waals surface area contributed by atoms with E-state index in [0.29, 0.717) is 16.1 Å². The summed E-state index contributed by atoms with van der Waals surface area (Å²) in [6.45, 7) is -0.249. The minimum atomic E-state index is -4.42. The highest BCUT2D eigenvalue weighted by Gasteiger charge is 2.30. The van der Waals surface area contributed by atoms with Gasteiger partial charge in [0.25, 0.3) is 5.24 Å². The van der Waals surface area contributed by atoms with E-state index in [1.54, 1.807) is 24.3 Å². The van der Waals surface area contributed by atoms with Gasteiger partial charge in [-0.05, 0) is 76.3 Å². The number of halogens is 4. The standard InChI is InChI=1S/C27H19Cl3FNO4S/c28-22-8-6-19(7-9-22)20-3-1-2-18(12-20)16-32(15-17-4-10-23(31)11-5-17)37(35,36)25-14-21(27(30)34)13-24(29)26(25)33/h1-14,33H,15-16H2. The van der Waals surface area contributed by atoms with Gasteiger partial charge in [-0.2, -0.15) is 4.31 Å². The van der Waals surface area contributed by atoms with Gasteiger partial charge in [-0.1, -0.05) is 65.7 Å². The molecule has 0 amide bonds. The van der Waals surface area contributed by atoms with E-state index in [4.69, 9.17) is 34.8 Å². The lowest BCUT2D eigenvalue weighted by Gasteiger charge is -2.24. The molecule has 0 saturated heterocycles. The summed E-state index contributed by atoms with van der Waals surface area (Å²) in [5.74, 6) is -1.17. The Kier molecular flexibility index (Phi) is 8.21. The van der Waals surface area contributed by atoms with Gasteiger partial charge in [-0.15, -0.1) is 0 Å². The van der Waals surface area contributed by atoms with Crippen LogP contribution in [-0.2, 0) is 23.1 Å². The summed E-state index contributed by atoms with van der Waals surface area (Å²) in [5, 5.41) is 9.84. The average Bonchev–Trinajstić information content (AvgIpc) is 2.87. The topological polar surface area (TPSA) is 74.7 Å². The summed E-state index contributed by atoms with van der Waals surface area (Å²) < 4.78 is 42.2. The van der Waals surface area contributed by atoms with E-state index >= 15 is 0 Å². The van der Waals surface area contributed by atoms with Crippen molar-refractivity contribution in [1.29, 1.82) is 0 Å². The molecule has 0 bridgehead atoms. The van der Waals surface area contributed by atoms with Crippen LogP contribution in [0.2, 0.25) is 10.0 Å². The van der Waals surface area contributed by atoms with E-state index in [0.717, 1.165) is 27.6 Å². The molecule has 4 aromatic rings. The number of hydrogen-bond acceptors (Lipinski definition) is 4. The number of aromatic hydroxyl groups is 1. The Bertz CT molecular complexity index is 1560. The lowest BCUT2D eigenvalue weighted by Crippen LogP contribution is -2.30. The molecule has 0 radical (unpaired) electrons. The summed E-state index contributed by atoms with van der Waals surface area (Å²) in [4.78, 5) is 11.2.